The van der Waals surface area contributed by atoms with Crippen LogP contribution in [0.2, 0.25) is 0 Å². The second-order valence-corrected chi connectivity index (χ2v) is 20.5. The maximum absolute atomic E-state index is 12.9. The molecule has 6 N–H and O–H groups in total. The number of allylic oxidation sites excluding steroid dienone is 4. The molecule has 0 aromatic rings. The summed E-state index contributed by atoms with van der Waals surface area (Å²) in [5.74, 6) is -1.09. The van der Waals surface area contributed by atoms with Crippen LogP contribution in [0.5, 0.6) is 0 Å². The molecule has 67 heavy (non-hydrogen) atoms. The molecule has 0 aromatic carbocycles. The first-order valence-corrected chi connectivity index (χ1v) is 28.6. The highest BCUT2D eigenvalue weighted by Gasteiger charge is 2.51. The van der Waals surface area contributed by atoms with Crippen molar-refractivity contribution in [3.8, 4) is 0 Å². The third-order valence-electron chi connectivity index (χ3n) is 12.8. The number of ether oxygens (including phenoxy) is 2. The summed E-state index contributed by atoms with van der Waals surface area (Å²) in [5.41, 5.74) is 0. The maximum atomic E-state index is 12.9. The number of phosphoric acid groups is 1. The number of aliphatic hydroxyl groups excluding tert-OH is 5. The molecule has 1 saturated carbocycles. The van der Waals surface area contributed by atoms with Crippen LogP contribution in [0.3, 0.4) is 0 Å². The van der Waals surface area contributed by atoms with Crippen LogP contribution in [0.15, 0.2) is 24.3 Å². The van der Waals surface area contributed by atoms with E-state index < -0.39 is 75.7 Å². The van der Waals surface area contributed by atoms with Crippen molar-refractivity contribution in [3.05, 3.63) is 24.3 Å². The number of phosphoric ester groups is 1. The van der Waals surface area contributed by atoms with E-state index in [-0.39, 0.29) is 12.8 Å². The molecule has 0 aromatic heterocycles. The molecule has 394 valence electrons. The predicted molar refractivity (Wildman–Crippen MR) is 267 cm³/mol. The van der Waals surface area contributed by atoms with Crippen LogP contribution < -0.4 is 0 Å². The molecule has 1 aliphatic rings. The van der Waals surface area contributed by atoms with Gasteiger partial charge >= 0.3 is 19.8 Å². The number of hydrogen-bond acceptors (Lipinski definition) is 12. The van der Waals surface area contributed by atoms with Crippen molar-refractivity contribution >= 4 is 19.8 Å². The van der Waals surface area contributed by atoms with Gasteiger partial charge in [0.2, 0.25) is 0 Å². The highest BCUT2D eigenvalue weighted by atomic mass is 31.2. The molecule has 0 spiro atoms. The summed E-state index contributed by atoms with van der Waals surface area (Å²) < 4.78 is 33.7. The molecule has 8 atom stereocenters. The predicted octanol–water partition coefficient (Wildman–Crippen LogP) is 12.0. The number of unbranched alkanes of at least 4 members (excludes halogenated alkanes) is 30. The Morgan fingerprint density at radius 2 is 0.761 bits per heavy atom. The highest BCUT2D eigenvalue weighted by molar-refractivity contribution is 7.47. The summed E-state index contributed by atoms with van der Waals surface area (Å²) in [7, 11) is -5.12. The molecule has 0 heterocycles. The number of esters is 2. The quantitative estimate of drug-likeness (QED) is 0.0145. The number of carbonyl (C=O) groups is 2. The minimum atomic E-state index is -5.12. The highest BCUT2D eigenvalue weighted by Crippen LogP contribution is 2.47. The Morgan fingerprint density at radius 1 is 0.448 bits per heavy atom. The fourth-order valence-corrected chi connectivity index (χ4v) is 9.37. The summed E-state index contributed by atoms with van der Waals surface area (Å²) >= 11 is 0. The molecule has 0 saturated heterocycles. The van der Waals surface area contributed by atoms with E-state index >= 15 is 0 Å². The molecule has 1 aliphatic carbocycles. The van der Waals surface area contributed by atoms with E-state index in [0.717, 1.165) is 51.4 Å². The first kappa shape index (κ1) is 63.3. The van der Waals surface area contributed by atoms with Gasteiger partial charge in [-0.2, -0.15) is 0 Å². The van der Waals surface area contributed by atoms with Gasteiger partial charge in [0.05, 0.1) is 6.61 Å². The number of carbonyl (C=O) groups excluding carboxylic acids is 2. The molecule has 0 radical (unpaired) electrons. The van der Waals surface area contributed by atoms with E-state index in [0.29, 0.717) is 12.8 Å². The monoisotopic (exact) mass is 975 g/mol. The SMILES string of the molecule is CCCCCC/C=C/CCCCCCCCCCCC(=O)OC[C@H](COP(=O)(O)OC1C(O)C(O)C(O)[C@@H](O)C1O)OC(=O)CCCCCCCCCCCCC/C=C/CCCCCCCC. The van der Waals surface area contributed by atoms with Crippen LogP contribution in [-0.4, -0.2) is 98.3 Å². The lowest BCUT2D eigenvalue weighted by molar-refractivity contribution is -0.220. The zero-order valence-corrected chi connectivity index (χ0v) is 43.1. The van der Waals surface area contributed by atoms with E-state index in [1.165, 1.54) is 154 Å². The zero-order chi connectivity index (χ0) is 49.2. The molecule has 6 unspecified atom stereocenters. The Bertz CT molecular complexity index is 1270. The number of hydrogen-bond donors (Lipinski definition) is 6. The van der Waals surface area contributed by atoms with E-state index in [4.69, 9.17) is 18.5 Å². The summed E-state index contributed by atoms with van der Waals surface area (Å²) in [5, 5.41) is 50.3. The Morgan fingerprint density at radius 3 is 1.15 bits per heavy atom. The van der Waals surface area contributed by atoms with Crippen molar-refractivity contribution < 1.29 is 63.1 Å². The summed E-state index contributed by atoms with van der Waals surface area (Å²) in [4.78, 5) is 35.9. The van der Waals surface area contributed by atoms with Crippen molar-refractivity contribution in [2.75, 3.05) is 13.2 Å². The average Bonchev–Trinajstić information content (AvgIpc) is 3.31. The van der Waals surface area contributed by atoms with Gasteiger partial charge in [-0.15, -0.1) is 0 Å². The fourth-order valence-electron chi connectivity index (χ4n) is 8.40. The molecular formula is C53H99O13P. The third-order valence-corrected chi connectivity index (χ3v) is 13.8. The Balaban J connectivity index is 2.36. The second-order valence-electron chi connectivity index (χ2n) is 19.1. The average molecular weight is 975 g/mol. The summed E-state index contributed by atoms with van der Waals surface area (Å²) in [6, 6.07) is 0. The second kappa shape index (κ2) is 43.1. The maximum Gasteiger partial charge on any atom is 0.472 e. The molecule has 0 amide bonds. The van der Waals surface area contributed by atoms with Crippen LogP contribution in [0.1, 0.15) is 245 Å². The van der Waals surface area contributed by atoms with Gasteiger partial charge in [0.25, 0.3) is 0 Å². The van der Waals surface area contributed by atoms with Crippen LogP contribution in [0, 0.1) is 0 Å². The van der Waals surface area contributed by atoms with Gasteiger partial charge < -0.3 is 39.9 Å². The Hall–Kier alpha value is -1.67. The molecule has 14 heteroatoms. The zero-order valence-electron chi connectivity index (χ0n) is 42.2. The molecule has 0 aliphatic heterocycles. The van der Waals surface area contributed by atoms with Gasteiger partial charge in [-0.05, 0) is 64.2 Å². The lowest BCUT2D eigenvalue weighted by Crippen LogP contribution is -2.64. The summed E-state index contributed by atoms with van der Waals surface area (Å²) in [6.45, 7) is 3.32. The first-order chi connectivity index (χ1) is 32.4. The lowest BCUT2D eigenvalue weighted by atomic mass is 9.85. The van der Waals surface area contributed by atoms with E-state index in [2.05, 4.69) is 38.2 Å². The molecule has 1 rings (SSSR count). The standard InChI is InChI=1S/C53H99O13P/c1-3-5-7-9-11-13-15-17-19-21-22-23-24-26-28-30-32-34-36-38-40-42-47(55)65-45(44-64-67(61,62)66-53-51(59)49(57)48(56)50(58)52(53)60)43-63-46(54)41-39-37-35-33-31-29-27-25-20-18-16-14-12-10-8-6-4-2/h14,16-17,19,45,48-53,56-60H,3-13,15,18,20-44H2,1-2H3,(H,61,62)/b16-14+,19-17+/t45-,48?,49-,50?,51?,52?,53?/m1/s1. The molecule has 0 bridgehead atoms. The van der Waals surface area contributed by atoms with Gasteiger partial charge in [0.15, 0.2) is 6.10 Å². The Kier molecular flexibility index (Phi) is 40.8. The molecular weight excluding hydrogens is 876 g/mol. The normalized spacial score (nSPS) is 21.3. The van der Waals surface area contributed by atoms with E-state index in [9.17, 15) is 44.6 Å². The lowest BCUT2D eigenvalue weighted by Gasteiger charge is -2.41. The van der Waals surface area contributed by atoms with Crippen LogP contribution in [0.4, 0.5) is 0 Å². The van der Waals surface area contributed by atoms with Crippen LogP contribution in [-0.2, 0) is 32.7 Å². The van der Waals surface area contributed by atoms with Crippen molar-refractivity contribution in [2.45, 2.75) is 288 Å². The van der Waals surface area contributed by atoms with Crippen molar-refractivity contribution in [3.63, 3.8) is 0 Å². The Labute approximate surface area is 406 Å². The topological polar surface area (TPSA) is 210 Å². The van der Waals surface area contributed by atoms with Gasteiger partial charge in [-0.25, -0.2) is 4.57 Å². The van der Waals surface area contributed by atoms with Crippen molar-refractivity contribution in [2.24, 2.45) is 0 Å². The van der Waals surface area contributed by atoms with Crippen molar-refractivity contribution in [1.29, 1.82) is 0 Å². The van der Waals surface area contributed by atoms with Crippen molar-refractivity contribution in [1.82, 2.24) is 0 Å². The summed E-state index contributed by atoms with van der Waals surface area (Å²) in [6.07, 6.45) is 36.5. The van der Waals surface area contributed by atoms with Crippen LogP contribution >= 0.6 is 7.82 Å². The number of aliphatic hydroxyl groups is 5. The smallest absolute Gasteiger partial charge is 0.462 e. The third kappa shape index (κ3) is 35.1. The largest absolute Gasteiger partial charge is 0.472 e. The van der Waals surface area contributed by atoms with Gasteiger partial charge in [-0.3, -0.25) is 18.6 Å². The van der Waals surface area contributed by atoms with Crippen LogP contribution in [0.25, 0.3) is 0 Å². The number of rotatable bonds is 46. The minimum Gasteiger partial charge on any atom is -0.462 e. The molecule has 13 nitrogen and oxygen atoms in total. The first-order valence-electron chi connectivity index (χ1n) is 27.1. The molecule has 1 fully saturated rings. The fraction of sp³-hybridized carbons (Fsp3) is 0.887. The van der Waals surface area contributed by atoms with Gasteiger partial charge in [0, 0.05) is 12.8 Å². The van der Waals surface area contributed by atoms with Gasteiger partial charge in [0.1, 0.15) is 43.2 Å². The van der Waals surface area contributed by atoms with Gasteiger partial charge in [-0.1, -0.05) is 192 Å². The minimum absolute atomic E-state index is 0.0983. The van der Waals surface area contributed by atoms with E-state index in [1.807, 2.05) is 0 Å². The van der Waals surface area contributed by atoms with E-state index in [1.54, 1.807) is 0 Å².